The van der Waals surface area contributed by atoms with E-state index in [0.717, 1.165) is 11.3 Å². The first kappa shape index (κ1) is 28.1. The van der Waals surface area contributed by atoms with Gasteiger partial charge >= 0.3 is 0 Å². The standard InChI is InChI=1S/C29H36N2O5S/c1-6-35-27-10-8-7-9-26(27)31(37(5,33)34)21-22-11-13-23(14-12-22)28(32)30-19-20-36-25-17-15-24(16-18-25)29(2,3)4/h7-18H,6,19-21H2,1-5H3,(H,30,32). The second-order valence-corrected chi connectivity index (χ2v) is 11.7. The molecular weight excluding hydrogens is 488 g/mol. The number of hydrogen-bond acceptors (Lipinski definition) is 5. The zero-order valence-corrected chi connectivity index (χ0v) is 23.0. The van der Waals surface area contributed by atoms with Crippen LogP contribution in [-0.2, 0) is 22.0 Å². The molecule has 0 atom stereocenters. The van der Waals surface area contributed by atoms with Crippen LogP contribution in [0, 0.1) is 0 Å². The van der Waals surface area contributed by atoms with Gasteiger partial charge in [0.05, 0.1) is 31.6 Å². The number of benzene rings is 3. The lowest BCUT2D eigenvalue weighted by atomic mass is 9.87. The monoisotopic (exact) mass is 524 g/mol. The molecule has 0 heterocycles. The zero-order valence-electron chi connectivity index (χ0n) is 22.2. The molecule has 0 saturated carbocycles. The van der Waals surface area contributed by atoms with Crippen LogP contribution in [0.15, 0.2) is 72.8 Å². The average molecular weight is 525 g/mol. The summed E-state index contributed by atoms with van der Waals surface area (Å²) in [6.45, 7) is 9.58. The predicted molar refractivity (Wildman–Crippen MR) is 148 cm³/mol. The van der Waals surface area contributed by atoms with Gasteiger partial charge in [0.1, 0.15) is 18.1 Å². The van der Waals surface area contributed by atoms with Gasteiger partial charge < -0.3 is 14.8 Å². The van der Waals surface area contributed by atoms with Crippen LogP contribution in [0.2, 0.25) is 0 Å². The van der Waals surface area contributed by atoms with E-state index in [4.69, 9.17) is 9.47 Å². The molecule has 0 spiro atoms. The molecule has 198 valence electrons. The Labute approximate surface area is 220 Å². The van der Waals surface area contributed by atoms with Gasteiger partial charge in [-0.2, -0.15) is 0 Å². The number of nitrogens with one attached hydrogen (secondary N) is 1. The fourth-order valence-electron chi connectivity index (χ4n) is 3.74. The highest BCUT2D eigenvalue weighted by molar-refractivity contribution is 7.92. The number of carbonyl (C=O) groups excluding carboxylic acids is 1. The Morgan fingerprint density at radius 2 is 1.57 bits per heavy atom. The van der Waals surface area contributed by atoms with Crippen LogP contribution in [-0.4, -0.2) is 40.3 Å². The number of rotatable bonds is 11. The first-order valence-electron chi connectivity index (χ1n) is 12.3. The summed E-state index contributed by atoms with van der Waals surface area (Å²) in [7, 11) is -3.57. The molecule has 0 unspecified atom stereocenters. The fraction of sp³-hybridized carbons (Fsp3) is 0.345. The molecule has 0 fully saturated rings. The summed E-state index contributed by atoms with van der Waals surface area (Å²) < 4.78 is 37.8. The average Bonchev–Trinajstić information content (AvgIpc) is 2.85. The molecule has 1 amide bonds. The quantitative estimate of drug-likeness (QED) is 0.350. The zero-order chi connectivity index (χ0) is 27.1. The molecule has 0 bridgehead atoms. The van der Waals surface area contributed by atoms with E-state index in [-0.39, 0.29) is 17.9 Å². The number of hydrogen-bond donors (Lipinski definition) is 1. The van der Waals surface area contributed by atoms with Crippen molar-refractivity contribution in [2.45, 2.75) is 39.7 Å². The number of amides is 1. The predicted octanol–water partition coefficient (Wildman–Crippen LogP) is 5.16. The van der Waals surface area contributed by atoms with Crippen molar-refractivity contribution < 1.29 is 22.7 Å². The maximum absolute atomic E-state index is 12.6. The summed E-state index contributed by atoms with van der Waals surface area (Å²) in [6, 6.07) is 21.9. The number of ether oxygens (including phenoxy) is 2. The van der Waals surface area contributed by atoms with E-state index in [1.54, 1.807) is 48.5 Å². The van der Waals surface area contributed by atoms with Crippen LogP contribution in [0.4, 0.5) is 5.69 Å². The van der Waals surface area contributed by atoms with E-state index in [1.807, 2.05) is 19.1 Å². The lowest BCUT2D eigenvalue weighted by molar-refractivity contribution is 0.0947. The van der Waals surface area contributed by atoms with E-state index in [9.17, 15) is 13.2 Å². The van der Waals surface area contributed by atoms with E-state index in [2.05, 4.69) is 38.2 Å². The molecule has 8 heteroatoms. The largest absolute Gasteiger partial charge is 0.492 e. The molecule has 3 aromatic carbocycles. The molecule has 0 saturated heterocycles. The molecule has 7 nitrogen and oxygen atoms in total. The molecule has 0 aliphatic carbocycles. The van der Waals surface area contributed by atoms with Gasteiger partial charge in [0.15, 0.2) is 0 Å². The van der Waals surface area contributed by atoms with Gasteiger partial charge in [-0.3, -0.25) is 9.10 Å². The normalized spacial score (nSPS) is 11.6. The molecule has 0 radical (unpaired) electrons. The number of sulfonamides is 1. The summed E-state index contributed by atoms with van der Waals surface area (Å²) in [5.74, 6) is 1.03. The third-order valence-corrected chi connectivity index (χ3v) is 6.88. The van der Waals surface area contributed by atoms with Crippen molar-refractivity contribution in [3.05, 3.63) is 89.5 Å². The Morgan fingerprint density at radius 1 is 0.919 bits per heavy atom. The van der Waals surface area contributed by atoms with Crippen LogP contribution in [0.5, 0.6) is 11.5 Å². The van der Waals surface area contributed by atoms with Crippen LogP contribution >= 0.6 is 0 Å². The van der Waals surface area contributed by atoms with Crippen molar-refractivity contribution in [3.8, 4) is 11.5 Å². The smallest absolute Gasteiger partial charge is 0.251 e. The van der Waals surface area contributed by atoms with Gasteiger partial charge in [0, 0.05) is 5.56 Å². The lowest BCUT2D eigenvalue weighted by Gasteiger charge is -2.24. The number of nitrogens with zero attached hydrogens (tertiary/aromatic N) is 1. The van der Waals surface area contributed by atoms with E-state index >= 15 is 0 Å². The minimum Gasteiger partial charge on any atom is -0.492 e. The summed E-state index contributed by atoms with van der Waals surface area (Å²) >= 11 is 0. The minimum atomic E-state index is -3.57. The van der Waals surface area contributed by atoms with Crippen molar-refractivity contribution in [1.29, 1.82) is 0 Å². The molecule has 3 rings (SSSR count). The number of para-hydroxylation sites is 2. The topological polar surface area (TPSA) is 84.9 Å². The summed E-state index contributed by atoms with van der Waals surface area (Å²) in [5, 5.41) is 2.85. The highest BCUT2D eigenvalue weighted by Gasteiger charge is 2.21. The van der Waals surface area contributed by atoms with E-state index in [1.165, 1.54) is 16.1 Å². The van der Waals surface area contributed by atoms with Gasteiger partial charge in [0.2, 0.25) is 10.0 Å². The van der Waals surface area contributed by atoms with Gasteiger partial charge in [-0.25, -0.2) is 8.42 Å². The highest BCUT2D eigenvalue weighted by Crippen LogP contribution is 2.31. The Bertz CT molecular complexity index is 1280. The Balaban J connectivity index is 1.57. The van der Waals surface area contributed by atoms with Crippen LogP contribution in [0.3, 0.4) is 0 Å². The molecule has 1 N–H and O–H groups in total. The molecule has 0 aromatic heterocycles. The summed E-state index contributed by atoms with van der Waals surface area (Å²) in [4.78, 5) is 12.6. The van der Waals surface area contributed by atoms with Gasteiger partial charge in [0.25, 0.3) is 5.91 Å². The maximum atomic E-state index is 12.6. The SMILES string of the molecule is CCOc1ccccc1N(Cc1ccc(C(=O)NCCOc2ccc(C(C)(C)C)cc2)cc1)S(C)(=O)=O. The second-order valence-electron chi connectivity index (χ2n) is 9.75. The maximum Gasteiger partial charge on any atom is 0.251 e. The molecular formula is C29H36N2O5S. The van der Waals surface area contributed by atoms with Crippen LogP contribution in [0.1, 0.15) is 49.2 Å². The Kier molecular flexibility index (Phi) is 9.21. The third-order valence-electron chi connectivity index (χ3n) is 5.75. The number of anilines is 1. The van der Waals surface area contributed by atoms with Gasteiger partial charge in [-0.15, -0.1) is 0 Å². The molecule has 0 aliphatic rings. The number of carbonyl (C=O) groups is 1. The highest BCUT2D eigenvalue weighted by atomic mass is 32.2. The Hall–Kier alpha value is -3.52. The fourth-order valence-corrected chi connectivity index (χ4v) is 4.63. The van der Waals surface area contributed by atoms with Gasteiger partial charge in [-0.05, 0) is 59.9 Å². The van der Waals surface area contributed by atoms with Crippen molar-refractivity contribution in [3.63, 3.8) is 0 Å². The third kappa shape index (κ3) is 7.98. The Morgan fingerprint density at radius 3 is 2.16 bits per heavy atom. The second kappa shape index (κ2) is 12.1. The van der Waals surface area contributed by atoms with E-state index in [0.29, 0.717) is 36.8 Å². The van der Waals surface area contributed by atoms with Crippen LogP contribution < -0.4 is 19.1 Å². The van der Waals surface area contributed by atoms with Crippen molar-refractivity contribution >= 4 is 21.6 Å². The first-order chi connectivity index (χ1) is 17.5. The molecule has 3 aromatic rings. The minimum absolute atomic E-state index is 0.0824. The van der Waals surface area contributed by atoms with Crippen molar-refractivity contribution in [2.75, 3.05) is 30.3 Å². The van der Waals surface area contributed by atoms with E-state index < -0.39 is 10.0 Å². The first-order valence-corrected chi connectivity index (χ1v) is 14.1. The van der Waals surface area contributed by atoms with Gasteiger partial charge in [-0.1, -0.05) is 57.2 Å². The molecule has 37 heavy (non-hydrogen) atoms. The van der Waals surface area contributed by atoms with Crippen molar-refractivity contribution in [2.24, 2.45) is 0 Å². The molecule has 0 aliphatic heterocycles. The summed E-state index contributed by atoms with van der Waals surface area (Å²) in [5.41, 5.74) is 3.02. The lowest BCUT2D eigenvalue weighted by Crippen LogP contribution is -2.30. The van der Waals surface area contributed by atoms with Crippen LogP contribution in [0.25, 0.3) is 0 Å². The van der Waals surface area contributed by atoms with Crippen molar-refractivity contribution in [1.82, 2.24) is 5.32 Å². The summed E-state index contributed by atoms with van der Waals surface area (Å²) in [6.07, 6.45) is 1.17.